The van der Waals surface area contributed by atoms with Crippen LogP contribution >= 0.6 is 12.2 Å². The van der Waals surface area contributed by atoms with Crippen LogP contribution in [0.1, 0.15) is 5.56 Å². The molecule has 2 aromatic rings. The SMILES string of the molecule is Cc1cc2nc(F)cnc2[nH]c1=S. The van der Waals surface area contributed by atoms with E-state index in [0.717, 1.165) is 11.8 Å². The molecule has 2 rings (SSSR count). The second-order valence-electron chi connectivity index (χ2n) is 2.71. The molecule has 13 heavy (non-hydrogen) atoms. The lowest BCUT2D eigenvalue weighted by Gasteiger charge is -1.98. The predicted molar refractivity (Wildman–Crippen MR) is 49.4 cm³/mol. The second kappa shape index (κ2) is 2.85. The molecule has 0 unspecified atom stereocenters. The number of nitrogens with one attached hydrogen (secondary N) is 1. The standard InChI is InChI=1S/C8H6FN3S/c1-4-2-5-7(12-8(4)13)10-3-6(9)11-5/h2-3H,1H3,(H,10,12,13). The normalized spacial score (nSPS) is 10.6. The van der Waals surface area contributed by atoms with Crippen molar-refractivity contribution in [2.45, 2.75) is 6.92 Å². The lowest BCUT2D eigenvalue weighted by molar-refractivity contribution is 0.582. The van der Waals surface area contributed by atoms with E-state index in [0.29, 0.717) is 15.8 Å². The number of hydrogen-bond acceptors (Lipinski definition) is 3. The summed E-state index contributed by atoms with van der Waals surface area (Å²) < 4.78 is 13.3. The lowest BCUT2D eigenvalue weighted by atomic mass is 10.3. The zero-order valence-electron chi connectivity index (χ0n) is 6.84. The second-order valence-corrected chi connectivity index (χ2v) is 3.12. The summed E-state index contributed by atoms with van der Waals surface area (Å²) in [4.78, 5) is 10.4. The average molecular weight is 195 g/mol. The number of fused-ring (bicyclic) bond motifs is 1. The first-order valence-corrected chi connectivity index (χ1v) is 4.10. The fraction of sp³-hybridized carbons (Fsp3) is 0.125. The van der Waals surface area contributed by atoms with Crippen molar-refractivity contribution in [1.82, 2.24) is 15.0 Å². The summed E-state index contributed by atoms with van der Waals surface area (Å²) >= 11 is 5.00. The summed E-state index contributed by atoms with van der Waals surface area (Å²) in [5.74, 6) is -0.586. The van der Waals surface area contributed by atoms with Gasteiger partial charge >= 0.3 is 0 Å². The monoisotopic (exact) mass is 195 g/mol. The van der Waals surface area contributed by atoms with Crippen molar-refractivity contribution in [2.75, 3.05) is 0 Å². The largest absolute Gasteiger partial charge is 0.329 e. The number of aromatic nitrogens is 3. The van der Waals surface area contributed by atoms with E-state index in [9.17, 15) is 4.39 Å². The number of hydrogen-bond donors (Lipinski definition) is 1. The number of aromatic amines is 1. The van der Waals surface area contributed by atoms with Gasteiger partial charge in [0.05, 0.1) is 6.20 Å². The molecule has 0 amide bonds. The zero-order valence-corrected chi connectivity index (χ0v) is 7.65. The van der Waals surface area contributed by atoms with Crippen LogP contribution in [0.3, 0.4) is 0 Å². The Bertz CT molecular complexity index is 520. The van der Waals surface area contributed by atoms with Gasteiger partial charge in [0, 0.05) is 0 Å². The van der Waals surface area contributed by atoms with Gasteiger partial charge in [0.15, 0.2) is 5.65 Å². The number of nitrogens with zero attached hydrogens (tertiary/aromatic N) is 2. The Labute approximate surface area is 78.7 Å². The van der Waals surface area contributed by atoms with E-state index in [1.807, 2.05) is 6.92 Å². The van der Waals surface area contributed by atoms with Crippen LogP contribution in [0.15, 0.2) is 12.3 Å². The molecule has 0 bridgehead atoms. The van der Waals surface area contributed by atoms with Crippen molar-refractivity contribution >= 4 is 23.4 Å². The molecule has 0 aromatic carbocycles. The molecule has 0 atom stereocenters. The smallest absolute Gasteiger partial charge is 0.232 e. The van der Waals surface area contributed by atoms with Crippen LogP contribution in [0.4, 0.5) is 4.39 Å². The molecule has 0 saturated heterocycles. The van der Waals surface area contributed by atoms with Crippen LogP contribution in [-0.4, -0.2) is 15.0 Å². The molecule has 0 saturated carbocycles. The fourth-order valence-corrected chi connectivity index (χ4v) is 1.21. The molecule has 0 aliphatic carbocycles. The first-order valence-electron chi connectivity index (χ1n) is 3.69. The third-order valence-corrected chi connectivity index (χ3v) is 2.14. The van der Waals surface area contributed by atoms with Crippen LogP contribution in [0.25, 0.3) is 11.2 Å². The van der Waals surface area contributed by atoms with Gasteiger partial charge in [-0.3, -0.25) is 0 Å². The topological polar surface area (TPSA) is 41.6 Å². The van der Waals surface area contributed by atoms with Gasteiger partial charge in [0.25, 0.3) is 0 Å². The van der Waals surface area contributed by atoms with E-state index in [-0.39, 0.29) is 0 Å². The first kappa shape index (κ1) is 8.25. The minimum Gasteiger partial charge on any atom is -0.329 e. The van der Waals surface area contributed by atoms with Gasteiger partial charge in [-0.05, 0) is 18.6 Å². The van der Waals surface area contributed by atoms with Crippen molar-refractivity contribution in [3.05, 3.63) is 28.4 Å². The van der Waals surface area contributed by atoms with Gasteiger partial charge in [-0.15, -0.1) is 0 Å². The number of halogens is 1. The molecule has 66 valence electrons. The molecular weight excluding hydrogens is 189 g/mol. The predicted octanol–water partition coefficient (Wildman–Crippen LogP) is 2.13. The first-order chi connectivity index (χ1) is 6.16. The van der Waals surface area contributed by atoms with Crippen LogP contribution in [-0.2, 0) is 0 Å². The number of H-pyrrole nitrogens is 1. The summed E-state index contributed by atoms with van der Waals surface area (Å²) in [5, 5.41) is 0. The summed E-state index contributed by atoms with van der Waals surface area (Å²) in [5.41, 5.74) is 1.87. The molecule has 3 nitrogen and oxygen atoms in total. The Balaban J connectivity index is 2.89. The fourth-order valence-electron chi connectivity index (χ4n) is 1.05. The van der Waals surface area contributed by atoms with Gasteiger partial charge in [-0.25, -0.2) is 9.97 Å². The molecule has 0 fully saturated rings. The van der Waals surface area contributed by atoms with E-state index in [1.54, 1.807) is 6.07 Å². The average Bonchev–Trinajstić information content (AvgIpc) is 2.08. The Morgan fingerprint density at radius 2 is 2.31 bits per heavy atom. The minimum absolute atomic E-state index is 0.492. The van der Waals surface area contributed by atoms with Gasteiger partial charge < -0.3 is 4.98 Å². The Morgan fingerprint density at radius 1 is 1.54 bits per heavy atom. The number of rotatable bonds is 0. The van der Waals surface area contributed by atoms with E-state index in [2.05, 4.69) is 15.0 Å². The van der Waals surface area contributed by atoms with E-state index in [1.165, 1.54) is 0 Å². The van der Waals surface area contributed by atoms with Gasteiger partial charge in [0.2, 0.25) is 5.95 Å². The lowest BCUT2D eigenvalue weighted by Crippen LogP contribution is -1.92. The quantitative estimate of drug-likeness (QED) is 0.655. The van der Waals surface area contributed by atoms with Crippen LogP contribution in [0.5, 0.6) is 0 Å². The van der Waals surface area contributed by atoms with Gasteiger partial charge in [-0.1, -0.05) is 12.2 Å². The summed E-state index contributed by atoms with van der Waals surface area (Å²) in [6.07, 6.45) is 1.06. The molecule has 0 spiro atoms. The van der Waals surface area contributed by atoms with Gasteiger partial charge in [-0.2, -0.15) is 4.39 Å². The summed E-state index contributed by atoms with van der Waals surface area (Å²) in [7, 11) is 0. The van der Waals surface area contributed by atoms with E-state index in [4.69, 9.17) is 12.2 Å². The summed E-state index contributed by atoms with van der Waals surface area (Å²) in [6.45, 7) is 1.84. The maximum Gasteiger partial charge on any atom is 0.232 e. The number of pyridine rings is 1. The van der Waals surface area contributed by atoms with Crippen molar-refractivity contribution in [1.29, 1.82) is 0 Å². The third-order valence-electron chi connectivity index (χ3n) is 1.71. The van der Waals surface area contributed by atoms with Crippen molar-refractivity contribution in [3.63, 3.8) is 0 Å². The maximum absolute atomic E-state index is 12.7. The van der Waals surface area contributed by atoms with Crippen LogP contribution in [0.2, 0.25) is 0 Å². The number of aryl methyl sites for hydroxylation is 1. The molecule has 2 heterocycles. The summed E-state index contributed by atoms with van der Waals surface area (Å²) in [6, 6.07) is 1.71. The van der Waals surface area contributed by atoms with Crippen LogP contribution < -0.4 is 0 Å². The molecule has 0 radical (unpaired) electrons. The van der Waals surface area contributed by atoms with Crippen molar-refractivity contribution < 1.29 is 4.39 Å². The zero-order chi connectivity index (χ0) is 9.42. The molecular formula is C8H6FN3S. The van der Waals surface area contributed by atoms with Crippen LogP contribution in [0, 0.1) is 17.5 Å². The van der Waals surface area contributed by atoms with Crippen molar-refractivity contribution in [3.8, 4) is 0 Å². The molecule has 2 aromatic heterocycles. The Hall–Kier alpha value is -1.36. The highest BCUT2D eigenvalue weighted by molar-refractivity contribution is 7.71. The highest BCUT2D eigenvalue weighted by Crippen LogP contribution is 2.09. The third kappa shape index (κ3) is 1.42. The van der Waals surface area contributed by atoms with E-state index >= 15 is 0 Å². The highest BCUT2D eigenvalue weighted by atomic mass is 32.1. The van der Waals surface area contributed by atoms with E-state index < -0.39 is 5.95 Å². The minimum atomic E-state index is -0.586. The molecule has 1 N–H and O–H groups in total. The highest BCUT2D eigenvalue weighted by Gasteiger charge is 2.00. The maximum atomic E-state index is 12.7. The molecule has 5 heteroatoms. The van der Waals surface area contributed by atoms with Crippen molar-refractivity contribution in [2.24, 2.45) is 0 Å². The van der Waals surface area contributed by atoms with Gasteiger partial charge in [0.1, 0.15) is 10.2 Å². The Kier molecular flexibility index (Phi) is 1.81. The molecule has 0 aliphatic heterocycles. The Morgan fingerprint density at radius 3 is 3.08 bits per heavy atom. The molecule has 0 aliphatic rings.